The largest absolute Gasteiger partial charge is 0.379 e. The van der Waals surface area contributed by atoms with Crippen molar-refractivity contribution in [3.63, 3.8) is 0 Å². The van der Waals surface area contributed by atoms with Crippen LogP contribution in [0.1, 0.15) is 18.1 Å². The number of ether oxygens (including phenoxy) is 1. The van der Waals surface area contributed by atoms with E-state index in [1.54, 1.807) is 24.3 Å². The topological polar surface area (TPSA) is 32.8 Å². The van der Waals surface area contributed by atoms with E-state index < -0.39 is 0 Å². The summed E-state index contributed by atoms with van der Waals surface area (Å²) in [6, 6.07) is 16.4. The Hall–Kier alpha value is -2.50. The minimum absolute atomic E-state index is 0.0241. The molecule has 0 aromatic heterocycles. The molecule has 1 atom stereocenters. The van der Waals surface area contributed by atoms with Crippen molar-refractivity contribution in [2.75, 3.05) is 32.8 Å². The van der Waals surface area contributed by atoms with Gasteiger partial charge in [-0.2, -0.15) is 0 Å². The lowest BCUT2D eigenvalue weighted by molar-refractivity contribution is -0.129. The summed E-state index contributed by atoms with van der Waals surface area (Å²) < 4.78 is 19.3. The minimum Gasteiger partial charge on any atom is -0.379 e. The maximum atomic E-state index is 13.9. The van der Waals surface area contributed by atoms with Gasteiger partial charge in [0.15, 0.2) is 0 Å². The highest BCUT2D eigenvalue weighted by atomic mass is 19.1. The zero-order valence-corrected chi connectivity index (χ0v) is 16.3. The molecule has 0 spiro atoms. The first kappa shape index (κ1) is 20.2. The maximum absolute atomic E-state index is 13.9. The summed E-state index contributed by atoms with van der Waals surface area (Å²) in [5, 5.41) is 0. The van der Waals surface area contributed by atoms with E-state index in [2.05, 4.69) is 11.8 Å². The Kier molecular flexibility index (Phi) is 7.34. The van der Waals surface area contributed by atoms with Gasteiger partial charge in [-0.05, 0) is 24.6 Å². The predicted octanol–water partition coefficient (Wildman–Crippen LogP) is 3.59. The maximum Gasteiger partial charge on any atom is 0.247 e. The van der Waals surface area contributed by atoms with Crippen LogP contribution in [0.15, 0.2) is 60.7 Å². The third-order valence-corrected chi connectivity index (χ3v) is 4.95. The van der Waals surface area contributed by atoms with E-state index in [0.29, 0.717) is 12.1 Å². The summed E-state index contributed by atoms with van der Waals surface area (Å²) in [6.07, 6.45) is 3.02. The zero-order chi connectivity index (χ0) is 19.8. The van der Waals surface area contributed by atoms with Crippen molar-refractivity contribution >= 4 is 12.0 Å². The second kappa shape index (κ2) is 10.2. The highest BCUT2D eigenvalue weighted by Gasteiger charge is 2.22. The van der Waals surface area contributed by atoms with Crippen LogP contribution in [-0.2, 0) is 16.1 Å². The van der Waals surface area contributed by atoms with E-state index >= 15 is 0 Å². The summed E-state index contributed by atoms with van der Waals surface area (Å²) in [5.41, 5.74) is 1.49. The van der Waals surface area contributed by atoms with Gasteiger partial charge in [-0.15, -0.1) is 0 Å². The number of carbonyl (C=O) groups is 1. The van der Waals surface area contributed by atoms with Crippen molar-refractivity contribution < 1.29 is 13.9 Å². The predicted molar refractivity (Wildman–Crippen MR) is 109 cm³/mol. The number of nitrogens with zero attached hydrogens (tertiary/aromatic N) is 2. The van der Waals surface area contributed by atoms with E-state index in [9.17, 15) is 9.18 Å². The Morgan fingerprint density at radius 3 is 2.54 bits per heavy atom. The lowest BCUT2D eigenvalue weighted by atomic mass is 10.1. The second-order valence-corrected chi connectivity index (χ2v) is 7.07. The van der Waals surface area contributed by atoms with Crippen molar-refractivity contribution in [3.05, 3.63) is 77.6 Å². The normalized spacial score (nSPS) is 16.2. The molecule has 1 heterocycles. The van der Waals surface area contributed by atoms with Crippen LogP contribution >= 0.6 is 0 Å². The Bertz CT molecular complexity index is 788. The molecular formula is C23H27FN2O2. The van der Waals surface area contributed by atoms with Gasteiger partial charge in [-0.1, -0.05) is 48.5 Å². The van der Waals surface area contributed by atoms with Crippen LogP contribution in [0.25, 0.3) is 6.08 Å². The van der Waals surface area contributed by atoms with Gasteiger partial charge in [0.1, 0.15) is 5.82 Å². The van der Waals surface area contributed by atoms with Gasteiger partial charge in [-0.25, -0.2) is 4.39 Å². The molecule has 0 N–H and O–H groups in total. The monoisotopic (exact) mass is 382 g/mol. The first-order valence-corrected chi connectivity index (χ1v) is 9.71. The Morgan fingerprint density at radius 1 is 1.14 bits per heavy atom. The highest BCUT2D eigenvalue weighted by Crippen LogP contribution is 2.14. The third-order valence-electron chi connectivity index (χ3n) is 4.95. The number of halogens is 1. The molecule has 0 radical (unpaired) electrons. The molecule has 1 saturated heterocycles. The van der Waals surface area contributed by atoms with E-state index in [-0.39, 0.29) is 17.8 Å². The lowest BCUT2D eigenvalue weighted by Gasteiger charge is -2.34. The fourth-order valence-corrected chi connectivity index (χ4v) is 3.35. The number of hydrogen-bond donors (Lipinski definition) is 0. The molecule has 0 aliphatic carbocycles. The van der Waals surface area contributed by atoms with Gasteiger partial charge in [0, 0.05) is 43.9 Å². The number of carbonyl (C=O) groups excluding carboxylic acids is 1. The van der Waals surface area contributed by atoms with Crippen LogP contribution in [0.3, 0.4) is 0 Å². The van der Waals surface area contributed by atoms with E-state index in [1.807, 2.05) is 35.2 Å². The van der Waals surface area contributed by atoms with Crippen molar-refractivity contribution in [1.29, 1.82) is 0 Å². The van der Waals surface area contributed by atoms with Crippen LogP contribution in [0.4, 0.5) is 4.39 Å². The molecule has 28 heavy (non-hydrogen) atoms. The van der Waals surface area contributed by atoms with Gasteiger partial charge < -0.3 is 9.64 Å². The number of morpholine rings is 1. The highest BCUT2D eigenvalue weighted by molar-refractivity contribution is 5.92. The quantitative estimate of drug-likeness (QED) is 0.686. The van der Waals surface area contributed by atoms with Gasteiger partial charge in [0.05, 0.1) is 13.2 Å². The Balaban J connectivity index is 1.74. The average Bonchev–Trinajstić information content (AvgIpc) is 2.72. The molecule has 0 bridgehead atoms. The Labute approximate surface area is 166 Å². The van der Waals surface area contributed by atoms with Crippen LogP contribution in [-0.4, -0.2) is 54.6 Å². The summed E-state index contributed by atoms with van der Waals surface area (Å²) in [6.45, 7) is 6.58. The summed E-state index contributed by atoms with van der Waals surface area (Å²) in [5.74, 6) is -0.449. The number of hydrogen-bond acceptors (Lipinski definition) is 3. The third kappa shape index (κ3) is 5.75. The first-order valence-electron chi connectivity index (χ1n) is 9.71. The molecule has 1 amide bonds. The first-order chi connectivity index (χ1) is 13.6. The van der Waals surface area contributed by atoms with Gasteiger partial charge in [-0.3, -0.25) is 9.69 Å². The molecule has 1 unspecified atom stereocenters. The Morgan fingerprint density at radius 2 is 1.82 bits per heavy atom. The molecular weight excluding hydrogens is 355 g/mol. The molecule has 2 aromatic carbocycles. The SMILES string of the molecule is CC(CN1CCOCC1)N(Cc1ccccc1)C(=O)/C=C/c1ccccc1F. The van der Waals surface area contributed by atoms with Crippen LogP contribution in [0.5, 0.6) is 0 Å². The van der Waals surface area contributed by atoms with E-state index in [1.165, 1.54) is 12.1 Å². The fraction of sp³-hybridized carbons (Fsp3) is 0.348. The molecule has 1 aliphatic heterocycles. The van der Waals surface area contributed by atoms with E-state index in [4.69, 9.17) is 4.74 Å². The lowest BCUT2D eigenvalue weighted by Crippen LogP contribution is -2.47. The van der Waals surface area contributed by atoms with Crippen molar-refractivity contribution in [3.8, 4) is 0 Å². The molecule has 5 heteroatoms. The van der Waals surface area contributed by atoms with Crippen molar-refractivity contribution in [1.82, 2.24) is 9.80 Å². The summed E-state index contributed by atoms with van der Waals surface area (Å²) in [4.78, 5) is 17.2. The molecule has 0 saturated carbocycles. The summed E-state index contributed by atoms with van der Waals surface area (Å²) >= 11 is 0. The van der Waals surface area contributed by atoms with Crippen molar-refractivity contribution in [2.24, 2.45) is 0 Å². The van der Waals surface area contributed by atoms with E-state index in [0.717, 1.165) is 38.4 Å². The molecule has 3 rings (SSSR count). The van der Waals surface area contributed by atoms with Crippen LogP contribution < -0.4 is 0 Å². The van der Waals surface area contributed by atoms with Crippen molar-refractivity contribution in [2.45, 2.75) is 19.5 Å². The molecule has 4 nitrogen and oxygen atoms in total. The number of rotatable bonds is 7. The number of benzene rings is 2. The van der Waals surface area contributed by atoms with Crippen LogP contribution in [0, 0.1) is 5.82 Å². The standard InChI is InChI=1S/C23H27FN2O2/c1-19(17-25-13-15-28-16-14-25)26(18-20-7-3-2-4-8-20)23(27)12-11-21-9-5-6-10-22(21)24/h2-12,19H,13-18H2,1H3/b12-11+. The molecule has 1 fully saturated rings. The number of amides is 1. The zero-order valence-electron chi connectivity index (χ0n) is 16.3. The fourth-order valence-electron chi connectivity index (χ4n) is 3.35. The average molecular weight is 382 g/mol. The van der Waals surface area contributed by atoms with Gasteiger partial charge in [0.2, 0.25) is 5.91 Å². The van der Waals surface area contributed by atoms with Gasteiger partial charge >= 0.3 is 0 Å². The molecule has 148 valence electrons. The summed E-state index contributed by atoms with van der Waals surface area (Å²) in [7, 11) is 0. The molecule has 2 aromatic rings. The second-order valence-electron chi connectivity index (χ2n) is 7.07. The minimum atomic E-state index is -0.331. The van der Waals surface area contributed by atoms with Crippen LogP contribution in [0.2, 0.25) is 0 Å². The smallest absolute Gasteiger partial charge is 0.247 e. The molecule has 1 aliphatic rings. The van der Waals surface area contributed by atoms with Gasteiger partial charge in [0.25, 0.3) is 0 Å².